The van der Waals surface area contributed by atoms with Crippen LogP contribution in [0.5, 0.6) is 5.75 Å². The van der Waals surface area contributed by atoms with Gasteiger partial charge in [-0.1, -0.05) is 12.1 Å². The van der Waals surface area contributed by atoms with Gasteiger partial charge in [-0.2, -0.15) is 12.6 Å². The van der Waals surface area contributed by atoms with Gasteiger partial charge in [-0.05, 0) is 37.5 Å². The zero-order valence-electron chi connectivity index (χ0n) is 17.2. The van der Waals surface area contributed by atoms with Crippen molar-refractivity contribution in [2.45, 2.75) is 50.4 Å². The summed E-state index contributed by atoms with van der Waals surface area (Å²) in [6.07, 6.45) is 1.08. The van der Waals surface area contributed by atoms with Gasteiger partial charge in [0.05, 0.1) is 6.04 Å². The SMILES string of the molecule is CC(N)C(=O)NC(Cc1ccc(O)cc1)C(=O)N1CCCC1C(=O)NC(CS)C(=O)O. The van der Waals surface area contributed by atoms with E-state index in [4.69, 9.17) is 10.8 Å². The van der Waals surface area contributed by atoms with E-state index in [9.17, 15) is 24.3 Å². The van der Waals surface area contributed by atoms with Crippen LogP contribution in [0.15, 0.2) is 24.3 Å². The first-order valence-corrected chi connectivity index (χ1v) is 10.6. The molecule has 1 aromatic carbocycles. The summed E-state index contributed by atoms with van der Waals surface area (Å²) in [4.78, 5) is 50.7. The average Bonchev–Trinajstić information content (AvgIpc) is 3.22. The molecule has 3 amide bonds. The molecule has 0 radical (unpaired) electrons. The fourth-order valence-corrected chi connectivity index (χ4v) is 3.58. The number of nitrogens with zero attached hydrogens (tertiary/aromatic N) is 1. The summed E-state index contributed by atoms with van der Waals surface area (Å²) < 4.78 is 0. The van der Waals surface area contributed by atoms with Crippen LogP contribution in [0.2, 0.25) is 0 Å². The van der Waals surface area contributed by atoms with Crippen molar-refractivity contribution in [2.75, 3.05) is 12.3 Å². The predicted molar refractivity (Wildman–Crippen MR) is 116 cm³/mol. The Kier molecular flexibility index (Phi) is 8.69. The van der Waals surface area contributed by atoms with E-state index in [2.05, 4.69) is 23.3 Å². The fraction of sp³-hybridized carbons (Fsp3) is 0.500. The molecule has 4 unspecified atom stereocenters. The monoisotopic (exact) mass is 452 g/mol. The van der Waals surface area contributed by atoms with Crippen LogP contribution in [0.25, 0.3) is 0 Å². The second-order valence-corrected chi connectivity index (χ2v) is 7.86. The summed E-state index contributed by atoms with van der Waals surface area (Å²) in [6.45, 7) is 1.79. The lowest BCUT2D eigenvalue weighted by Crippen LogP contribution is -2.57. The van der Waals surface area contributed by atoms with Crippen LogP contribution in [0, 0.1) is 0 Å². The highest BCUT2D eigenvalue weighted by Gasteiger charge is 2.38. The first-order chi connectivity index (χ1) is 14.6. The number of carbonyl (C=O) groups is 4. The van der Waals surface area contributed by atoms with E-state index < -0.39 is 47.9 Å². The van der Waals surface area contributed by atoms with Gasteiger partial charge < -0.3 is 31.5 Å². The van der Waals surface area contributed by atoms with Gasteiger partial charge >= 0.3 is 5.97 Å². The Hall–Kier alpha value is -2.79. The van der Waals surface area contributed by atoms with Crippen molar-refractivity contribution >= 4 is 36.3 Å². The van der Waals surface area contributed by atoms with Gasteiger partial charge in [-0.15, -0.1) is 0 Å². The number of amides is 3. The summed E-state index contributed by atoms with van der Waals surface area (Å²) in [7, 11) is 0. The Balaban J connectivity index is 2.20. The number of rotatable bonds is 9. The Morgan fingerprint density at radius 2 is 1.84 bits per heavy atom. The van der Waals surface area contributed by atoms with Gasteiger partial charge in [0, 0.05) is 18.7 Å². The Bertz CT molecular complexity index is 816. The number of nitrogens with two attached hydrogens (primary N) is 1. The number of likely N-dealkylation sites (tertiary alicyclic amines) is 1. The summed E-state index contributed by atoms with van der Waals surface area (Å²) in [6, 6.07) is 2.39. The van der Waals surface area contributed by atoms with Crippen LogP contribution < -0.4 is 16.4 Å². The van der Waals surface area contributed by atoms with Crippen LogP contribution in [-0.4, -0.2) is 75.3 Å². The molecule has 170 valence electrons. The first-order valence-electron chi connectivity index (χ1n) is 9.92. The minimum absolute atomic E-state index is 0.0692. The molecule has 2 rings (SSSR count). The van der Waals surface area contributed by atoms with Crippen molar-refractivity contribution in [3.05, 3.63) is 29.8 Å². The average molecular weight is 453 g/mol. The molecule has 1 fully saturated rings. The van der Waals surface area contributed by atoms with E-state index in [1.165, 1.54) is 24.0 Å². The van der Waals surface area contributed by atoms with Gasteiger partial charge in [-0.25, -0.2) is 4.79 Å². The number of benzene rings is 1. The number of phenols is 1. The van der Waals surface area contributed by atoms with Gasteiger partial charge in [0.25, 0.3) is 0 Å². The van der Waals surface area contributed by atoms with Crippen molar-refractivity contribution in [1.29, 1.82) is 0 Å². The molecular formula is C20H28N4O6S. The highest BCUT2D eigenvalue weighted by molar-refractivity contribution is 7.80. The maximum Gasteiger partial charge on any atom is 0.327 e. The standard InChI is InChI=1S/C20H28N4O6S/c1-11(21)17(26)22-14(9-12-4-6-13(25)7-5-12)19(28)24-8-2-3-16(24)18(27)23-15(10-31)20(29)30/h4-7,11,14-16,25,31H,2-3,8-10,21H2,1H3,(H,22,26)(H,23,27)(H,29,30). The van der Waals surface area contributed by atoms with Crippen molar-refractivity contribution in [3.63, 3.8) is 0 Å². The van der Waals surface area contributed by atoms with Gasteiger partial charge in [-0.3, -0.25) is 14.4 Å². The van der Waals surface area contributed by atoms with E-state index in [0.717, 1.165) is 0 Å². The van der Waals surface area contributed by atoms with Crippen LogP contribution in [0.3, 0.4) is 0 Å². The number of hydrogen-bond acceptors (Lipinski definition) is 7. The maximum atomic E-state index is 13.3. The zero-order chi connectivity index (χ0) is 23.1. The molecule has 1 aliphatic rings. The molecule has 0 aromatic heterocycles. The Labute approximate surface area is 185 Å². The molecule has 6 N–H and O–H groups in total. The normalized spacial score (nSPS) is 18.7. The number of carbonyl (C=O) groups excluding carboxylic acids is 3. The number of aromatic hydroxyl groups is 1. The Morgan fingerprint density at radius 1 is 1.19 bits per heavy atom. The molecule has 31 heavy (non-hydrogen) atoms. The molecule has 10 nitrogen and oxygen atoms in total. The van der Waals surface area contributed by atoms with Crippen LogP contribution >= 0.6 is 12.6 Å². The molecule has 4 atom stereocenters. The van der Waals surface area contributed by atoms with Crippen molar-refractivity contribution in [1.82, 2.24) is 15.5 Å². The third-order valence-electron chi connectivity index (χ3n) is 5.04. The zero-order valence-corrected chi connectivity index (χ0v) is 18.0. The summed E-state index contributed by atoms with van der Waals surface area (Å²) in [5.41, 5.74) is 6.32. The Morgan fingerprint density at radius 3 is 2.39 bits per heavy atom. The summed E-state index contributed by atoms with van der Waals surface area (Å²) in [5.74, 6) is -2.78. The van der Waals surface area contributed by atoms with Gasteiger partial charge in [0.1, 0.15) is 23.9 Å². The molecule has 1 aromatic rings. The maximum absolute atomic E-state index is 13.3. The van der Waals surface area contributed by atoms with Gasteiger partial charge in [0.15, 0.2) is 0 Å². The number of phenolic OH excluding ortho intramolecular Hbond substituents is 1. The number of carboxylic acids is 1. The smallest absolute Gasteiger partial charge is 0.327 e. The quantitative estimate of drug-likeness (QED) is 0.269. The highest BCUT2D eigenvalue weighted by atomic mass is 32.1. The third-order valence-corrected chi connectivity index (χ3v) is 5.41. The minimum atomic E-state index is -1.21. The van der Waals surface area contributed by atoms with E-state index in [0.29, 0.717) is 24.9 Å². The van der Waals surface area contributed by atoms with E-state index in [1.807, 2.05) is 0 Å². The molecule has 0 aliphatic carbocycles. The number of thiol groups is 1. The van der Waals surface area contributed by atoms with E-state index in [1.54, 1.807) is 12.1 Å². The van der Waals surface area contributed by atoms with E-state index in [-0.39, 0.29) is 17.9 Å². The molecule has 1 heterocycles. The summed E-state index contributed by atoms with van der Waals surface area (Å²) >= 11 is 3.93. The lowest BCUT2D eigenvalue weighted by Gasteiger charge is -2.29. The largest absolute Gasteiger partial charge is 0.508 e. The molecular weight excluding hydrogens is 424 g/mol. The molecule has 0 bridgehead atoms. The molecule has 1 saturated heterocycles. The van der Waals surface area contributed by atoms with Crippen molar-refractivity contribution in [2.24, 2.45) is 5.73 Å². The molecule has 1 aliphatic heterocycles. The number of nitrogens with one attached hydrogen (secondary N) is 2. The van der Waals surface area contributed by atoms with E-state index >= 15 is 0 Å². The molecule has 11 heteroatoms. The molecule has 0 saturated carbocycles. The second-order valence-electron chi connectivity index (χ2n) is 7.49. The van der Waals surface area contributed by atoms with Crippen LogP contribution in [0.1, 0.15) is 25.3 Å². The van der Waals surface area contributed by atoms with Gasteiger partial charge in [0.2, 0.25) is 17.7 Å². The summed E-state index contributed by atoms with van der Waals surface area (Å²) in [5, 5.41) is 23.6. The highest BCUT2D eigenvalue weighted by Crippen LogP contribution is 2.20. The number of aliphatic carboxylic acids is 1. The minimum Gasteiger partial charge on any atom is -0.508 e. The topological polar surface area (TPSA) is 162 Å². The molecule has 0 spiro atoms. The number of hydrogen-bond donors (Lipinski definition) is 6. The predicted octanol–water partition coefficient (Wildman–Crippen LogP) is -0.743. The lowest BCUT2D eigenvalue weighted by atomic mass is 10.0. The van der Waals surface area contributed by atoms with Crippen LogP contribution in [0.4, 0.5) is 0 Å². The fourth-order valence-electron chi connectivity index (χ4n) is 3.33. The van der Waals surface area contributed by atoms with Crippen LogP contribution in [-0.2, 0) is 25.6 Å². The third kappa shape index (κ3) is 6.59. The lowest BCUT2D eigenvalue weighted by molar-refractivity contribution is -0.144. The number of carboxylic acid groups (broad SMARTS) is 1. The first kappa shape index (κ1) is 24.5. The van der Waals surface area contributed by atoms with Crippen molar-refractivity contribution < 1.29 is 29.4 Å². The van der Waals surface area contributed by atoms with Crippen molar-refractivity contribution in [3.8, 4) is 5.75 Å². The second kappa shape index (κ2) is 11.0.